The first-order valence-corrected chi connectivity index (χ1v) is 12.2. The number of rotatable bonds is 5. The summed E-state index contributed by atoms with van der Waals surface area (Å²) in [7, 11) is -3.63. The van der Waals surface area contributed by atoms with E-state index in [0.717, 1.165) is 16.3 Å². The van der Waals surface area contributed by atoms with Gasteiger partial charge in [0.05, 0.1) is 10.5 Å². The first-order valence-electron chi connectivity index (χ1n) is 10.8. The zero-order valence-electron chi connectivity index (χ0n) is 18.7. The number of amides is 1. The Morgan fingerprint density at radius 2 is 1.58 bits per heavy atom. The Balaban J connectivity index is 1.33. The maximum atomic E-state index is 13.0. The molecule has 7 nitrogen and oxygen atoms in total. The fraction of sp³-hybridized carbons (Fsp3) is 0.280. The first-order chi connectivity index (χ1) is 15.8. The number of nitrogens with zero attached hydrogens (tertiary/aromatic N) is 2. The lowest BCUT2D eigenvalue weighted by Crippen LogP contribution is -2.51. The van der Waals surface area contributed by atoms with Crippen LogP contribution in [-0.4, -0.2) is 62.3 Å². The lowest BCUT2D eigenvalue weighted by molar-refractivity contribution is -0.135. The highest BCUT2D eigenvalue weighted by atomic mass is 32.2. The van der Waals surface area contributed by atoms with Crippen LogP contribution in [0.2, 0.25) is 0 Å². The monoisotopic (exact) mass is 466 g/mol. The van der Waals surface area contributed by atoms with Crippen molar-refractivity contribution in [2.45, 2.75) is 18.7 Å². The van der Waals surface area contributed by atoms with Gasteiger partial charge < -0.3 is 9.64 Å². The minimum absolute atomic E-state index is 0.194. The average molecular weight is 467 g/mol. The van der Waals surface area contributed by atoms with E-state index in [-0.39, 0.29) is 43.6 Å². The maximum Gasteiger partial charge on any atom is 0.338 e. The maximum absolute atomic E-state index is 13.0. The van der Waals surface area contributed by atoms with Crippen molar-refractivity contribution >= 4 is 32.7 Å². The number of carbonyl (C=O) groups is 2. The number of carbonyl (C=O) groups excluding carboxylic acids is 2. The van der Waals surface area contributed by atoms with Gasteiger partial charge in [-0.25, -0.2) is 13.2 Å². The van der Waals surface area contributed by atoms with Crippen LogP contribution in [0.15, 0.2) is 65.6 Å². The second-order valence-corrected chi connectivity index (χ2v) is 10.1. The number of ether oxygens (including phenoxy) is 1. The molecule has 1 aliphatic heterocycles. The number of sulfonamides is 1. The smallest absolute Gasteiger partial charge is 0.338 e. The van der Waals surface area contributed by atoms with Gasteiger partial charge in [-0.3, -0.25) is 4.79 Å². The zero-order valence-corrected chi connectivity index (χ0v) is 19.5. The third kappa shape index (κ3) is 4.91. The second-order valence-electron chi connectivity index (χ2n) is 8.19. The van der Waals surface area contributed by atoms with Gasteiger partial charge in [-0.1, -0.05) is 48.0 Å². The highest BCUT2D eigenvalue weighted by Gasteiger charge is 2.31. The van der Waals surface area contributed by atoms with E-state index in [4.69, 9.17) is 4.74 Å². The highest BCUT2D eigenvalue weighted by Crippen LogP contribution is 2.22. The molecule has 4 rings (SSSR count). The van der Waals surface area contributed by atoms with Gasteiger partial charge in [0.25, 0.3) is 5.91 Å². The molecule has 0 aliphatic carbocycles. The molecule has 0 aromatic heterocycles. The molecule has 0 saturated carbocycles. The highest BCUT2D eigenvalue weighted by molar-refractivity contribution is 7.89. The Morgan fingerprint density at radius 3 is 2.27 bits per heavy atom. The van der Waals surface area contributed by atoms with E-state index in [1.54, 1.807) is 31.2 Å². The van der Waals surface area contributed by atoms with Crippen LogP contribution in [0, 0.1) is 13.8 Å². The summed E-state index contributed by atoms with van der Waals surface area (Å²) >= 11 is 0. The van der Waals surface area contributed by atoms with Crippen LogP contribution in [0.5, 0.6) is 0 Å². The normalized spacial score (nSPS) is 14.9. The topological polar surface area (TPSA) is 84.0 Å². The molecule has 0 spiro atoms. The first kappa shape index (κ1) is 22.9. The Labute approximate surface area is 193 Å². The molecule has 33 heavy (non-hydrogen) atoms. The molecule has 3 aromatic rings. The molecular formula is C25H26N2O5S. The fourth-order valence-electron chi connectivity index (χ4n) is 4.02. The van der Waals surface area contributed by atoms with Crippen molar-refractivity contribution in [3.8, 4) is 0 Å². The van der Waals surface area contributed by atoms with Crippen molar-refractivity contribution < 1.29 is 22.7 Å². The summed E-state index contributed by atoms with van der Waals surface area (Å²) in [5, 5.41) is 1.93. The van der Waals surface area contributed by atoms with E-state index >= 15 is 0 Å². The van der Waals surface area contributed by atoms with Crippen molar-refractivity contribution in [1.29, 1.82) is 0 Å². The van der Waals surface area contributed by atoms with Crippen molar-refractivity contribution in [3.05, 3.63) is 77.4 Å². The molecule has 8 heteroatoms. The summed E-state index contributed by atoms with van der Waals surface area (Å²) in [6, 6.07) is 18.2. The number of piperazine rings is 1. The van der Waals surface area contributed by atoms with Gasteiger partial charge in [0.2, 0.25) is 10.0 Å². The molecule has 1 fully saturated rings. The Kier molecular flexibility index (Phi) is 6.49. The predicted molar refractivity (Wildman–Crippen MR) is 125 cm³/mol. The second kappa shape index (κ2) is 9.33. The Hall–Kier alpha value is -3.23. The van der Waals surface area contributed by atoms with E-state index < -0.39 is 16.0 Å². The van der Waals surface area contributed by atoms with Crippen molar-refractivity contribution in [2.24, 2.45) is 0 Å². The molecule has 0 bridgehead atoms. The molecule has 3 aromatic carbocycles. The van der Waals surface area contributed by atoms with Gasteiger partial charge >= 0.3 is 5.97 Å². The van der Waals surface area contributed by atoms with E-state index in [2.05, 4.69) is 0 Å². The van der Waals surface area contributed by atoms with Crippen molar-refractivity contribution in [1.82, 2.24) is 9.21 Å². The summed E-state index contributed by atoms with van der Waals surface area (Å²) in [5.41, 5.74) is 2.08. The van der Waals surface area contributed by atoms with Crippen LogP contribution in [-0.2, 0) is 19.6 Å². The molecule has 0 radical (unpaired) electrons. The molecule has 1 aliphatic rings. The van der Waals surface area contributed by atoms with Crippen LogP contribution in [0.1, 0.15) is 21.5 Å². The molecule has 1 saturated heterocycles. The molecule has 0 atom stereocenters. The van der Waals surface area contributed by atoms with Crippen LogP contribution in [0.4, 0.5) is 0 Å². The van der Waals surface area contributed by atoms with Crippen LogP contribution < -0.4 is 0 Å². The number of hydrogen-bond donors (Lipinski definition) is 0. The molecule has 1 heterocycles. The molecule has 0 unspecified atom stereocenters. The summed E-state index contributed by atoms with van der Waals surface area (Å²) in [6.45, 7) is 4.20. The van der Waals surface area contributed by atoms with E-state index in [1.807, 2.05) is 43.3 Å². The minimum Gasteiger partial charge on any atom is -0.452 e. The fourth-order valence-corrected chi connectivity index (χ4v) is 5.65. The van der Waals surface area contributed by atoms with Crippen LogP contribution in [0.3, 0.4) is 0 Å². The van der Waals surface area contributed by atoms with E-state index in [0.29, 0.717) is 11.1 Å². The van der Waals surface area contributed by atoms with Gasteiger partial charge in [-0.15, -0.1) is 0 Å². The average Bonchev–Trinajstić information content (AvgIpc) is 2.81. The third-order valence-electron chi connectivity index (χ3n) is 5.85. The summed E-state index contributed by atoms with van der Waals surface area (Å²) in [5.74, 6) is -0.905. The van der Waals surface area contributed by atoms with E-state index in [1.165, 1.54) is 9.21 Å². The zero-order chi connectivity index (χ0) is 23.6. The van der Waals surface area contributed by atoms with Gasteiger partial charge in [-0.05, 0) is 48.4 Å². The van der Waals surface area contributed by atoms with Crippen molar-refractivity contribution in [3.63, 3.8) is 0 Å². The molecular weight excluding hydrogens is 440 g/mol. The number of fused-ring (bicyclic) bond motifs is 1. The number of esters is 1. The quantitative estimate of drug-likeness (QED) is 0.540. The summed E-state index contributed by atoms with van der Waals surface area (Å²) in [6.07, 6.45) is 0. The number of aryl methyl sites for hydroxylation is 2. The van der Waals surface area contributed by atoms with Gasteiger partial charge in [0.15, 0.2) is 6.61 Å². The molecule has 172 valence electrons. The van der Waals surface area contributed by atoms with Gasteiger partial charge in [0.1, 0.15) is 0 Å². The van der Waals surface area contributed by atoms with Gasteiger partial charge in [-0.2, -0.15) is 4.31 Å². The Bertz CT molecular complexity index is 1310. The molecule has 1 amide bonds. The lowest BCUT2D eigenvalue weighted by Gasteiger charge is -2.34. The van der Waals surface area contributed by atoms with E-state index in [9.17, 15) is 18.0 Å². The predicted octanol–water partition coefficient (Wildman–Crippen LogP) is 3.15. The number of hydrogen-bond acceptors (Lipinski definition) is 5. The third-order valence-corrected chi connectivity index (χ3v) is 7.91. The SMILES string of the molecule is Cc1ccc(S(=O)(=O)N2CCN(C(=O)COC(=O)c3ccc4ccccc4c3)CC2)c(C)c1. The largest absolute Gasteiger partial charge is 0.452 e. The van der Waals surface area contributed by atoms with Gasteiger partial charge in [0, 0.05) is 26.2 Å². The Morgan fingerprint density at radius 1 is 0.879 bits per heavy atom. The summed E-state index contributed by atoms with van der Waals surface area (Å²) in [4.78, 5) is 26.8. The standard InChI is InChI=1S/C25H26N2O5S/c1-18-7-10-23(19(2)15-18)33(30,31)27-13-11-26(12-14-27)24(28)17-32-25(29)22-9-8-20-5-3-4-6-21(20)16-22/h3-10,15-16H,11-14,17H2,1-2H3. The van der Waals surface area contributed by atoms with Crippen LogP contribution in [0.25, 0.3) is 10.8 Å². The van der Waals surface area contributed by atoms with Crippen molar-refractivity contribution in [2.75, 3.05) is 32.8 Å². The molecule has 0 N–H and O–H groups in total. The number of benzene rings is 3. The van der Waals surface area contributed by atoms with Crippen LogP contribution >= 0.6 is 0 Å². The summed E-state index contributed by atoms with van der Waals surface area (Å²) < 4.78 is 32.6. The minimum atomic E-state index is -3.63. The lowest BCUT2D eigenvalue weighted by atomic mass is 10.1.